The number of rotatable bonds is 3. The van der Waals surface area contributed by atoms with Gasteiger partial charge in [0, 0.05) is 11.1 Å². The van der Waals surface area contributed by atoms with Crippen molar-refractivity contribution in [2.75, 3.05) is 18.2 Å². The van der Waals surface area contributed by atoms with Gasteiger partial charge in [0.2, 0.25) is 0 Å². The predicted octanol–water partition coefficient (Wildman–Crippen LogP) is 3.54. The Balaban J connectivity index is 2.35. The molecule has 7 heteroatoms. The summed E-state index contributed by atoms with van der Waals surface area (Å²) in [6, 6.07) is 4.80. The fourth-order valence-electron chi connectivity index (χ4n) is 1.74. The molecular formula is C14H13Cl2N3O2. The van der Waals surface area contributed by atoms with E-state index in [0.717, 1.165) is 5.56 Å². The molecule has 0 saturated carbocycles. The van der Waals surface area contributed by atoms with Crippen molar-refractivity contribution in [2.45, 2.75) is 6.92 Å². The van der Waals surface area contributed by atoms with Crippen LogP contribution in [0.3, 0.4) is 0 Å². The van der Waals surface area contributed by atoms with Crippen LogP contribution in [0.4, 0.5) is 11.4 Å². The van der Waals surface area contributed by atoms with Gasteiger partial charge in [0.1, 0.15) is 10.9 Å². The summed E-state index contributed by atoms with van der Waals surface area (Å²) in [4.78, 5) is 16.1. The number of halogens is 2. The van der Waals surface area contributed by atoms with E-state index in [-0.39, 0.29) is 10.7 Å². The first-order valence-electron chi connectivity index (χ1n) is 5.99. The van der Waals surface area contributed by atoms with Crippen LogP contribution >= 0.6 is 23.2 Å². The first-order valence-corrected chi connectivity index (χ1v) is 6.74. The molecule has 2 aromatic rings. The van der Waals surface area contributed by atoms with E-state index in [1.54, 1.807) is 12.1 Å². The van der Waals surface area contributed by atoms with Crippen molar-refractivity contribution in [3.05, 3.63) is 45.7 Å². The predicted molar refractivity (Wildman–Crippen MR) is 84.4 cm³/mol. The Morgan fingerprint density at radius 3 is 2.71 bits per heavy atom. The third-order valence-corrected chi connectivity index (χ3v) is 3.54. The summed E-state index contributed by atoms with van der Waals surface area (Å²) in [5, 5.41) is 3.34. The van der Waals surface area contributed by atoms with Crippen molar-refractivity contribution in [1.29, 1.82) is 0 Å². The first kappa shape index (κ1) is 15.4. The highest BCUT2D eigenvalue weighted by atomic mass is 35.5. The molecule has 0 atom stereocenters. The maximum Gasteiger partial charge on any atom is 0.258 e. The Labute approximate surface area is 132 Å². The Hall–Kier alpha value is -1.98. The van der Waals surface area contributed by atoms with Crippen molar-refractivity contribution in [2.24, 2.45) is 0 Å². The smallest absolute Gasteiger partial charge is 0.258 e. The largest absolute Gasteiger partial charge is 0.495 e. The number of pyridine rings is 1. The van der Waals surface area contributed by atoms with E-state index in [4.69, 9.17) is 33.7 Å². The van der Waals surface area contributed by atoms with Gasteiger partial charge in [0.05, 0.1) is 30.2 Å². The molecule has 1 amide bonds. The van der Waals surface area contributed by atoms with Gasteiger partial charge in [-0.3, -0.25) is 4.79 Å². The van der Waals surface area contributed by atoms with Crippen LogP contribution in [0.25, 0.3) is 0 Å². The second kappa shape index (κ2) is 6.20. The lowest BCUT2D eigenvalue weighted by atomic mass is 10.2. The van der Waals surface area contributed by atoms with Crippen LogP contribution in [0.2, 0.25) is 10.2 Å². The molecule has 1 aromatic carbocycles. The van der Waals surface area contributed by atoms with E-state index < -0.39 is 5.91 Å². The number of hydrogen-bond donors (Lipinski definition) is 2. The molecule has 110 valence electrons. The van der Waals surface area contributed by atoms with Crippen LogP contribution in [0.1, 0.15) is 15.9 Å². The molecule has 0 saturated heterocycles. The minimum Gasteiger partial charge on any atom is -0.495 e. The molecule has 0 unspecified atom stereocenters. The summed E-state index contributed by atoms with van der Waals surface area (Å²) >= 11 is 11.9. The number of nitrogens with two attached hydrogens (primary N) is 1. The van der Waals surface area contributed by atoms with E-state index in [1.165, 1.54) is 19.4 Å². The molecule has 2 rings (SSSR count). The number of amides is 1. The summed E-state index contributed by atoms with van der Waals surface area (Å²) in [6.45, 7) is 1.83. The molecule has 0 aliphatic heterocycles. The number of ether oxygens (including phenoxy) is 1. The topological polar surface area (TPSA) is 77.2 Å². The number of aromatic nitrogens is 1. The molecule has 0 aliphatic rings. The lowest BCUT2D eigenvalue weighted by Crippen LogP contribution is -2.14. The molecule has 21 heavy (non-hydrogen) atoms. The average Bonchev–Trinajstić information content (AvgIpc) is 2.45. The van der Waals surface area contributed by atoms with Crippen molar-refractivity contribution in [3.63, 3.8) is 0 Å². The van der Waals surface area contributed by atoms with E-state index >= 15 is 0 Å². The number of benzene rings is 1. The standard InChI is InChI=1S/C14H13Cl2N3O2/c1-7-3-11(12(21-2)5-10(7)15)19-14(20)9-4-8(17)6-18-13(9)16/h3-6H,17H2,1-2H3,(H,19,20). The third kappa shape index (κ3) is 3.37. The van der Waals surface area contributed by atoms with Gasteiger partial charge in [-0.2, -0.15) is 0 Å². The highest BCUT2D eigenvalue weighted by Crippen LogP contribution is 2.31. The van der Waals surface area contributed by atoms with Gasteiger partial charge >= 0.3 is 0 Å². The molecule has 3 N–H and O–H groups in total. The van der Waals surface area contributed by atoms with Crippen LogP contribution in [-0.2, 0) is 0 Å². The van der Waals surface area contributed by atoms with Gasteiger partial charge in [0.15, 0.2) is 0 Å². The number of aryl methyl sites for hydroxylation is 1. The van der Waals surface area contributed by atoms with Crippen molar-refractivity contribution < 1.29 is 9.53 Å². The monoisotopic (exact) mass is 325 g/mol. The molecule has 0 radical (unpaired) electrons. The summed E-state index contributed by atoms with van der Waals surface area (Å²) < 4.78 is 5.20. The molecule has 0 bridgehead atoms. The molecule has 0 fully saturated rings. The molecular weight excluding hydrogens is 313 g/mol. The fourth-order valence-corrected chi connectivity index (χ4v) is 2.09. The zero-order chi connectivity index (χ0) is 15.6. The number of carbonyl (C=O) groups excluding carboxylic acids is 1. The Bertz CT molecular complexity index is 705. The van der Waals surface area contributed by atoms with E-state index in [2.05, 4.69) is 10.3 Å². The van der Waals surface area contributed by atoms with Gasteiger partial charge in [-0.1, -0.05) is 23.2 Å². The normalized spacial score (nSPS) is 10.3. The molecule has 0 aliphatic carbocycles. The minimum absolute atomic E-state index is 0.0753. The third-order valence-electron chi connectivity index (χ3n) is 2.83. The zero-order valence-corrected chi connectivity index (χ0v) is 12.9. The summed E-state index contributed by atoms with van der Waals surface area (Å²) in [5.41, 5.74) is 7.45. The number of nitrogens with zero attached hydrogens (tertiary/aromatic N) is 1. The van der Waals surface area contributed by atoms with E-state index in [0.29, 0.717) is 22.1 Å². The van der Waals surface area contributed by atoms with Crippen LogP contribution in [-0.4, -0.2) is 18.0 Å². The molecule has 1 heterocycles. The van der Waals surface area contributed by atoms with Crippen LogP contribution < -0.4 is 15.8 Å². The summed E-state index contributed by atoms with van der Waals surface area (Å²) in [7, 11) is 1.49. The number of methoxy groups -OCH3 is 1. The van der Waals surface area contributed by atoms with Gasteiger partial charge in [-0.15, -0.1) is 0 Å². The number of hydrogen-bond acceptors (Lipinski definition) is 4. The summed E-state index contributed by atoms with van der Waals surface area (Å²) in [6.07, 6.45) is 1.38. The number of anilines is 2. The van der Waals surface area contributed by atoms with Gasteiger partial charge < -0.3 is 15.8 Å². The fraction of sp³-hybridized carbons (Fsp3) is 0.143. The molecule has 0 spiro atoms. The van der Waals surface area contributed by atoms with Gasteiger partial charge in [0.25, 0.3) is 5.91 Å². The summed E-state index contributed by atoms with van der Waals surface area (Å²) in [5.74, 6) is 0.0201. The maximum atomic E-state index is 12.3. The lowest BCUT2D eigenvalue weighted by Gasteiger charge is -2.12. The highest BCUT2D eigenvalue weighted by Gasteiger charge is 2.15. The zero-order valence-electron chi connectivity index (χ0n) is 11.4. The Morgan fingerprint density at radius 2 is 2.05 bits per heavy atom. The number of nitrogen functional groups attached to an aromatic ring is 1. The van der Waals surface area contributed by atoms with Crippen molar-refractivity contribution in [1.82, 2.24) is 4.98 Å². The van der Waals surface area contributed by atoms with Gasteiger partial charge in [-0.05, 0) is 24.6 Å². The van der Waals surface area contributed by atoms with Crippen molar-refractivity contribution in [3.8, 4) is 5.75 Å². The SMILES string of the molecule is COc1cc(Cl)c(C)cc1NC(=O)c1cc(N)cnc1Cl. The molecule has 5 nitrogen and oxygen atoms in total. The number of nitrogens with one attached hydrogen (secondary N) is 1. The molecule has 1 aromatic heterocycles. The minimum atomic E-state index is -0.431. The highest BCUT2D eigenvalue weighted by molar-refractivity contribution is 6.33. The van der Waals surface area contributed by atoms with Gasteiger partial charge in [-0.25, -0.2) is 4.98 Å². The van der Waals surface area contributed by atoms with E-state index in [1.807, 2.05) is 6.92 Å². The van der Waals surface area contributed by atoms with E-state index in [9.17, 15) is 4.79 Å². The Morgan fingerprint density at radius 1 is 1.33 bits per heavy atom. The quantitative estimate of drug-likeness (QED) is 0.846. The van der Waals surface area contributed by atoms with Crippen LogP contribution in [0, 0.1) is 6.92 Å². The number of carbonyl (C=O) groups is 1. The maximum absolute atomic E-state index is 12.3. The van der Waals surface area contributed by atoms with Crippen LogP contribution in [0.15, 0.2) is 24.4 Å². The Kier molecular flexibility index (Phi) is 4.55. The van der Waals surface area contributed by atoms with Crippen molar-refractivity contribution >= 4 is 40.5 Å². The average molecular weight is 326 g/mol. The second-order valence-electron chi connectivity index (χ2n) is 4.36. The lowest BCUT2D eigenvalue weighted by molar-refractivity contribution is 0.102. The first-order chi connectivity index (χ1) is 9.92. The second-order valence-corrected chi connectivity index (χ2v) is 5.13. The van der Waals surface area contributed by atoms with Crippen LogP contribution in [0.5, 0.6) is 5.75 Å².